The van der Waals surface area contributed by atoms with Crippen molar-refractivity contribution in [1.82, 2.24) is 0 Å². The molecule has 106 valence electrons. The lowest BCUT2D eigenvalue weighted by atomic mass is 10.2. The van der Waals surface area contributed by atoms with Gasteiger partial charge in [-0.05, 0) is 18.2 Å². The Hall–Kier alpha value is -1.79. The molecule has 0 heterocycles. The predicted octanol–water partition coefficient (Wildman–Crippen LogP) is 1.10. The highest BCUT2D eigenvalue weighted by molar-refractivity contribution is 5.95. The first-order chi connectivity index (χ1) is 9.19. The van der Waals surface area contributed by atoms with Crippen LogP contribution in [0.15, 0.2) is 18.2 Å². The van der Waals surface area contributed by atoms with Gasteiger partial charge in [-0.25, -0.2) is 4.79 Å². The lowest BCUT2D eigenvalue weighted by Gasteiger charge is -2.09. The summed E-state index contributed by atoms with van der Waals surface area (Å²) in [5, 5.41) is 0. The third kappa shape index (κ3) is 5.15. The van der Waals surface area contributed by atoms with Crippen molar-refractivity contribution in [2.24, 2.45) is 0 Å². The first-order valence-electron chi connectivity index (χ1n) is 5.86. The lowest BCUT2D eigenvalue weighted by Crippen LogP contribution is -2.14. The maximum Gasteiger partial charge on any atom is 0.340 e. The molecule has 6 heteroatoms. The molecule has 1 aromatic carbocycles. The largest absolute Gasteiger partial charge is 0.497 e. The number of methoxy groups -OCH3 is 2. The van der Waals surface area contributed by atoms with E-state index < -0.39 is 5.97 Å². The summed E-state index contributed by atoms with van der Waals surface area (Å²) in [7, 11) is 3.11. The molecule has 0 aliphatic carbocycles. The first kappa shape index (κ1) is 15.3. The van der Waals surface area contributed by atoms with Crippen molar-refractivity contribution in [3.8, 4) is 5.75 Å². The molecule has 0 atom stereocenters. The monoisotopic (exact) mass is 269 g/mol. The number of ether oxygens (including phenoxy) is 4. The Morgan fingerprint density at radius 1 is 1.16 bits per heavy atom. The molecule has 0 bridgehead atoms. The van der Waals surface area contributed by atoms with Gasteiger partial charge in [-0.3, -0.25) is 0 Å². The lowest BCUT2D eigenvalue weighted by molar-refractivity contribution is 0.0214. The summed E-state index contributed by atoms with van der Waals surface area (Å²) >= 11 is 0. The van der Waals surface area contributed by atoms with Crippen molar-refractivity contribution in [2.45, 2.75) is 0 Å². The second-order valence-corrected chi connectivity index (χ2v) is 3.69. The zero-order chi connectivity index (χ0) is 14.1. The average Bonchev–Trinajstić information content (AvgIpc) is 2.43. The van der Waals surface area contributed by atoms with Gasteiger partial charge in [0.25, 0.3) is 0 Å². The molecule has 1 aromatic rings. The Balaban J connectivity index is 2.40. The molecule has 6 nitrogen and oxygen atoms in total. The molecular weight excluding hydrogens is 250 g/mol. The first-order valence-corrected chi connectivity index (χ1v) is 5.86. The van der Waals surface area contributed by atoms with Crippen LogP contribution in [0.1, 0.15) is 10.4 Å². The van der Waals surface area contributed by atoms with E-state index in [2.05, 4.69) is 0 Å². The third-order valence-electron chi connectivity index (χ3n) is 2.37. The van der Waals surface area contributed by atoms with Gasteiger partial charge in [-0.2, -0.15) is 0 Å². The molecule has 0 aliphatic rings. The second kappa shape index (κ2) is 8.34. The van der Waals surface area contributed by atoms with Crippen molar-refractivity contribution in [3.63, 3.8) is 0 Å². The van der Waals surface area contributed by atoms with Crippen LogP contribution in [-0.2, 0) is 14.2 Å². The minimum Gasteiger partial charge on any atom is -0.497 e. The van der Waals surface area contributed by atoms with E-state index in [9.17, 15) is 4.79 Å². The Morgan fingerprint density at radius 3 is 2.58 bits per heavy atom. The average molecular weight is 269 g/mol. The molecule has 0 fully saturated rings. The van der Waals surface area contributed by atoms with Gasteiger partial charge < -0.3 is 24.7 Å². The molecule has 0 aliphatic heterocycles. The Kier molecular flexibility index (Phi) is 6.70. The summed E-state index contributed by atoms with van der Waals surface area (Å²) in [4.78, 5) is 11.8. The van der Waals surface area contributed by atoms with E-state index >= 15 is 0 Å². The van der Waals surface area contributed by atoms with Crippen molar-refractivity contribution < 1.29 is 23.7 Å². The summed E-state index contributed by atoms with van der Waals surface area (Å²) in [6.45, 7) is 1.46. The fraction of sp³-hybridized carbons (Fsp3) is 0.462. The summed E-state index contributed by atoms with van der Waals surface area (Å²) in [5.41, 5.74) is 6.35. The van der Waals surface area contributed by atoms with Crippen molar-refractivity contribution >= 4 is 11.7 Å². The van der Waals surface area contributed by atoms with Gasteiger partial charge in [-0.1, -0.05) is 0 Å². The minimum atomic E-state index is -0.494. The van der Waals surface area contributed by atoms with Crippen LogP contribution < -0.4 is 10.5 Å². The maximum absolute atomic E-state index is 11.8. The number of carbonyl (C=O) groups excluding carboxylic acids is 1. The molecule has 1 rings (SSSR count). The Morgan fingerprint density at radius 2 is 1.89 bits per heavy atom. The maximum atomic E-state index is 11.8. The molecule has 0 unspecified atom stereocenters. The number of nitrogens with two attached hydrogens (primary N) is 1. The molecule has 2 N–H and O–H groups in total. The summed E-state index contributed by atoms with van der Waals surface area (Å²) in [5.74, 6) is 0.0595. The zero-order valence-corrected chi connectivity index (χ0v) is 11.2. The van der Waals surface area contributed by atoms with Crippen LogP contribution in [-0.4, -0.2) is 46.6 Å². The van der Waals surface area contributed by atoms with Crippen molar-refractivity contribution in [2.75, 3.05) is 46.4 Å². The molecule has 0 spiro atoms. The smallest absolute Gasteiger partial charge is 0.340 e. The van der Waals surface area contributed by atoms with Crippen LogP contribution in [0.5, 0.6) is 5.75 Å². The molecule has 0 saturated carbocycles. The molecule has 0 aromatic heterocycles. The highest BCUT2D eigenvalue weighted by Gasteiger charge is 2.12. The highest BCUT2D eigenvalue weighted by atomic mass is 16.6. The fourth-order valence-electron chi connectivity index (χ4n) is 1.35. The standard InChI is InChI=1S/C13H19NO5/c1-16-5-6-18-7-8-19-13(15)11-9-10(17-2)3-4-12(11)14/h3-4,9H,5-8,14H2,1-2H3. The number of esters is 1. The summed E-state index contributed by atoms with van der Waals surface area (Å²) in [6, 6.07) is 4.83. The van der Waals surface area contributed by atoms with Crippen molar-refractivity contribution in [3.05, 3.63) is 23.8 Å². The van der Waals surface area contributed by atoms with Crippen LogP contribution in [0.2, 0.25) is 0 Å². The second-order valence-electron chi connectivity index (χ2n) is 3.69. The number of rotatable bonds is 8. The fourth-order valence-corrected chi connectivity index (χ4v) is 1.35. The quantitative estimate of drug-likeness (QED) is 0.432. The Bertz CT molecular complexity index is 408. The van der Waals surface area contributed by atoms with E-state index in [1.807, 2.05) is 0 Å². The van der Waals surface area contributed by atoms with Crippen LogP contribution in [0.3, 0.4) is 0 Å². The molecule has 0 saturated heterocycles. The van der Waals surface area contributed by atoms with Gasteiger partial charge in [0.2, 0.25) is 0 Å². The van der Waals surface area contributed by atoms with E-state index in [1.165, 1.54) is 7.11 Å². The van der Waals surface area contributed by atoms with Gasteiger partial charge >= 0.3 is 5.97 Å². The minimum absolute atomic E-state index is 0.166. The van der Waals surface area contributed by atoms with E-state index in [4.69, 9.17) is 24.7 Å². The van der Waals surface area contributed by atoms with Gasteiger partial charge in [-0.15, -0.1) is 0 Å². The van der Waals surface area contributed by atoms with Crippen LogP contribution in [0.25, 0.3) is 0 Å². The summed E-state index contributed by atoms with van der Waals surface area (Å²) < 4.78 is 20.1. The van der Waals surface area contributed by atoms with Crippen LogP contribution in [0, 0.1) is 0 Å². The van der Waals surface area contributed by atoms with Crippen LogP contribution in [0.4, 0.5) is 5.69 Å². The zero-order valence-electron chi connectivity index (χ0n) is 11.2. The van der Waals surface area contributed by atoms with E-state index in [0.29, 0.717) is 31.3 Å². The van der Waals surface area contributed by atoms with E-state index in [1.54, 1.807) is 25.3 Å². The number of benzene rings is 1. The number of nitrogen functional groups attached to an aromatic ring is 1. The number of hydrogen-bond donors (Lipinski definition) is 1. The summed E-state index contributed by atoms with van der Waals surface area (Å²) in [6.07, 6.45) is 0. The topological polar surface area (TPSA) is 80.0 Å². The molecular formula is C13H19NO5. The van der Waals surface area contributed by atoms with Gasteiger partial charge in [0, 0.05) is 12.8 Å². The number of hydrogen-bond acceptors (Lipinski definition) is 6. The van der Waals surface area contributed by atoms with E-state index in [0.717, 1.165) is 0 Å². The van der Waals surface area contributed by atoms with Gasteiger partial charge in [0.15, 0.2) is 0 Å². The Labute approximate surface area is 112 Å². The highest BCUT2D eigenvalue weighted by Crippen LogP contribution is 2.20. The third-order valence-corrected chi connectivity index (χ3v) is 2.37. The SMILES string of the molecule is COCCOCCOC(=O)c1cc(OC)ccc1N. The number of anilines is 1. The van der Waals surface area contributed by atoms with Gasteiger partial charge in [0.1, 0.15) is 12.4 Å². The molecule has 0 radical (unpaired) electrons. The van der Waals surface area contributed by atoms with Gasteiger partial charge in [0.05, 0.1) is 32.5 Å². The molecule has 0 amide bonds. The van der Waals surface area contributed by atoms with Crippen LogP contribution >= 0.6 is 0 Å². The molecule has 19 heavy (non-hydrogen) atoms. The normalized spacial score (nSPS) is 10.2. The van der Waals surface area contributed by atoms with Crippen molar-refractivity contribution in [1.29, 1.82) is 0 Å². The predicted molar refractivity (Wildman–Crippen MR) is 70.4 cm³/mol. The van der Waals surface area contributed by atoms with E-state index in [-0.39, 0.29) is 12.2 Å². The number of carbonyl (C=O) groups is 1.